The molecule has 0 spiro atoms. The highest BCUT2D eigenvalue weighted by Crippen LogP contribution is 2.28. The summed E-state index contributed by atoms with van der Waals surface area (Å²) in [6, 6.07) is 6.77. The van der Waals surface area contributed by atoms with Crippen LogP contribution in [0.3, 0.4) is 0 Å². The normalized spacial score (nSPS) is 11.2. The van der Waals surface area contributed by atoms with Gasteiger partial charge in [-0.25, -0.2) is 0 Å². The van der Waals surface area contributed by atoms with Gasteiger partial charge in [-0.05, 0) is 50.6 Å². The van der Waals surface area contributed by atoms with Crippen molar-refractivity contribution in [2.75, 3.05) is 13.2 Å². The number of aromatic nitrogens is 1. The summed E-state index contributed by atoms with van der Waals surface area (Å²) in [6.45, 7) is 6.63. The highest BCUT2D eigenvalue weighted by molar-refractivity contribution is 6.08. The van der Waals surface area contributed by atoms with Gasteiger partial charge in [0.25, 0.3) is 5.91 Å². The fourth-order valence-electron chi connectivity index (χ4n) is 2.12. The van der Waals surface area contributed by atoms with Gasteiger partial charge in [0.2, 0.25) is 0 Å². The Morgan fingerprint density at radius 3 is 2.46 bits per heavy atom. The van der Waals surface area contributed by atoms with Gasteiger partial charge >= 0.3 is 0 Å². The number of rotatable bonds is 6. The Bertz CT molecular complexity index is 757. The largest absolute Gasteiger partial charge is 0.490 e. The molecule has 0 aliphatic heterocycles. The van der Waals surface area contributed by atoms with Crippen molar-refractivity contribution in [2.45, 2.75) is 20.8 Å². The Labute approximate surface area is 141 Å². The van der Waals surface area contributed by atoms with E-state index in [1.165, 1.54) is 0 Å². The number of aliphatic imine (C=N–C) groups is 1. The quantitative estimate of drug-likeness (QED) is 0.651. The van der Waals surface area contributed by atoms with Crippen LogP contribution in [0.25, 0.3) is 0 Å². The van der Waals surface area contributed by atoms with E-state index in [4.69, 9.17) is 15.2 Å². The summed E-state index contributed by atoms with van der Waals surface area (Å²) in [4.78, 5) is 20.4. The number of benzene rings is 1. The number of carbonyl (C=O) groups excluding carboxylic acids is 1. The van der Waals surface area contributed by atoms with E-state index in [0.29, 0.717) is 35.8 Å². The molecule has 0 aliphatic rings. The van der Waals surface area contributed by atoms with Crippen LogP contribution in [0.4, 0.5) is 0 Å². The number of hydrogen-bond acceptors (Lipinski definition) is 4. The van der Waals surface area contributed by atoms with Crippen LogP contribution in [0.2, 0.25) is 0 Å². The van der Waals surface area contributed by atoms with Crippen LogP contribution in [0.15, 0.2) is 41.7 Å². The number of amides is 1. The number of ether oxygens (including phenoxy) is 2. The standard InChI is InChI=1S/C18H21N3O3/c1-4-23-15-7-6-13(9-16(15)24-5-2)18(22)21-17(19)14-8-12(3)10-20-11-14/h6-11H,4-5H2,1-3H3,(H2,19,21,22). The fraction of sp³-hybridized carbons (Fsp3) is 0.278. The Hall–Kier alpha value is -2.89. The van der Waals surface area contributed by atoms with E-state index in [1.54, 1.807) is 30.6 Å². The molecule has 0 radical (unpaired) electrons. The SMILES string of the molecule is CCOc1ccc(C(=O)N=C(N)c2cncc(C)c2)cc1OCC. The van der Waals surface area contributed by atoms with Crippen molar-refractivity contribution in [1.82, 2.24) is 4.98 Å². The first kappa shape index (κ1) is 17.5. The zero-order valence-electron chi connectivity index (χ0n) is 14.1. The zero-order chi connectivity index (χ0) is 17.5. The van der Waals surface area contributed by atoms with Gasteiger partial charge in [0, 0.05) is 23.5 Å². The second-order valence-electron chi connectivity index (χ2n) is 5.08. The third kappa shape index (κ3) is 4.32. The van der Waals surface area contributed by atoms with Gasteiger partial charge in [-0.3, -0.25) is 9.78 Å². The molecular weight excluding hydrogens is 306 g/mol. The van der Waals surface area contributed by atoms with Crippen molar-refractivity contribution in [2.24, 2.45) is 10.7 Å². The minimum atomic E-state index is -0.446. The summed E-state index contributed by atoms with van der Waals surface area (Å²) < 4.78 is 11.0. The molecule has 24 heavy (non-hydrogen) atoms. The molecule has 6 heteroatoms. The lowest BCUT2D eigenvalue weighted by atomic mass is 10.1. The Kier molecular flexibility index (Phi) is 5.89. The molecule has 1 heterocycles. The van der Waals surface area contributed by atoms with Crippen LogP contribution in [-0.2, 0) is 0 Å². The second-order valence-corrected chi connectivity index (χ2v) is 5.08. The van der Waals surface area contributed by atoms with Crippen molar-refractivity contribution < 1.29 is 14.3 Å². The molecule has 1 amide bonds. The van der Waals surface area contributed by atoms with Gasteiger partial charge in [-0.15, -0.1) is 0 Å². The van der Waals surface area contributed by atoms with Gasteiger partial charge < -0.3 is 15.2 Å². The fourth-order valence-corrected chi connectivity index (χ4v) is 2.12. The molecule has 0 unspecified atom stereocenters. The van der Waals surface area contributed by atoms with Gasteiger partial charge in [0.15, 0.2) is 11.5 Å². The molecule has 0 bridgehead atoms. The molecule has 0 fully saturated rings. The molecule has 2 N–H and O–H groups in total. The lowest BCUT2D eigenvalue weighted by Gasteiger charge is -2.11. The summed E-state index contributed by atoms with van der Waals surface area (Å²) in [6.07, 6.45) is 3.28. The van der Waals surface area contributed by atoms with Crippen molar-refractivity contribution in [3.63, 3.8) is 0 Å². The van der Waals surface area contributed by atoms with E-state index < -0.39 is 5.91 Å². The Balaban J connectivity index is 2.28. The minimum Gasteiger partial charge on any atom is -0.490 e. The first-order chi connectivity index (χ1) is 11.5. The second kappa shape index (κ2) is 8.10. The van der Waals surface area contributed by atoms with Gasteiger partial charge in [0.1, 0.15) is 5.84 Å². The summed E-state index contributed by atoms with van der Waals surface area (Å²) in [5.41, 5.74) is 7.84. The summed E-state index contributed by atoms with van der Waals surface area (Å²) >= 11 is 0. The molecule has 0 saturated carbocycles. The van der Waals surface area contributed by atoms with Crippen molar-refractivity contribution >= 4 is 11.7 Å². The minimum absolute atomic E-state index is 0.128. The molecule has 0 aliphatic carbocycles. The van der Waals surface area contributed by atoms with Crippen LogP contribution in [0, 0.1) is 6.92 Å². The van der Waals surface area contributed by atoms with Gasteiger partial charge in [0.05, 0.1) is 13.2 Å². The maximum absolute atomic E-state index is 12.4. The smallest absolute Gasteiger partial charge is 0.279 e. The van der Waals surface area contributed by atoms with E-state index in [-0.39, 0.29) is 5.84 Å². The molecule has 126 valence electrons. The van der Waals surface area contributed by atoms with Gasteiger partial charge in [-0.2, -0.15) is 4.99 Å². The van der Waals surface area contributed by atoms with Crippen LogP contribution in [0.5, 0.6) is 11.5 Å². The Morgan fingerprint density at radius 1 is 1.08 bits per heavy atom. The monoisotopic (exact) mass is 327 g/mol. The van der Waals surface area contributed by atoms with Crippen LogP contribution in [0.1, 0.15) is 35.3 Å². The Morgan fingerprint density at radius 2 is 1.79 bits per heavy atom. The number of nitrogens with two attached hydrogens (primary N) is 1. The molecular formula is C18H21N3O3. The molecule has 0 atom stereocenters. The van der Waals surface area contributed by atoms with E-state index in [9.17, 15) is 4.79 Å². The van der Waals surface area contributed by atoms with Crippen molar-refractivity contribution in [1.29, 1.82) is 0 Å². The number of pyridine rings is 1. The summed E-state index contributed by atoms with van der Waals surface area (Å²) in [5, 5.41) is 0. The van der Waals surface area contributed by atoms with E-state index in [0.717, 1.165) is 5.56 Å². The van der Waals surface area contributed by atoms with E-state index in [1.807, 2.05) is 26.8 Å². The number of hydrogen-bond donors (Lipinski definition) is 1. The predicted octanol–water partition coefficient (Wildman–Crippen LogP) is 2.73. The van der Waals surface area contributed by atoms with E-state index >= 15 is 0 Å². The van der Waals surface area contributed by atoms with Crippen molar-refractivity contribution in [3.8, 4) is 11.5 Å². The number of carbonyl (C=O) groups is 1. The first-order valence-corrected chi connectivity index (χ1v) is 7.75. The lowest BCUT2D eigenvalue weighted by Crippen LogP contribution is -2.16. The predicted molar refractivity (Wildman–Crippen MR) is 92.8 cm³/mol. The first-order valence-electron chi connectivity index (χ1n) is 7.75. The molecule has 0 saturated heterocycles. The van der Waals surface area contributed by atoms with Crippen LogP contribution >= 0.6 is 0 Å². The summed E-state index contributed by atoms with van der Waals surface area (Å²) in [7, 11) is 0. The molecule has 6 nitrogen and oxygen atoms in total. The topological polar surface area (TPSA) is 86.8 Å². The molecule has 1 aromatic heterocycles. The highest BCUT2D eigenvalue weighted by Gasteiger charge is 2.12. The third-order valence-electron chi connectivity index (χ3n) is 3.18. The lowest BCUT2D eigenvalue weighted by molar-refractivity contribution is 0.100. The number of nitrogens with zero attached hydrogens (tertiary/aromatic N) is 2. The van der Waals surface area contributed by atoms with E-state index in [2.05, 4.69) is 9.98 Å². The molecule has 2 rings (SSSR count). The highest BCUT2D eigenvalue weighted by atomic mass is 16.5. The van der Waals surface area contributed by atoms with Crippen LogP contribution < -0.4 is 15.2 Å². The third-order valence-corrected chi connectivity index (χ3v) is 3.18. The van der Waals surface area contributed by atoms with Gasteiger partial charge in [-0.1, -0.05) is 0 Å². The summed E-state index contributed by atoms with van der Waals surface area (Å²) in [5.74, 6) is 0.785. The average molecular weight is 327 g/mol. The number of aryl methyl sites for hydroxylation is 1. The maximum atomic E-state index is 12.4. The average Bonchev–Trinajstić information content (AvgIpc) is 2.56. The number of amidine groups is 1. The molecule has 1 aromatic carbocycles. The zero-order valence-corrected chi connectivity index (χ0v) is 14.1. The van der Waals surface area contributed by atoms with Crippen molar-refractivity contribution in [3.05, 3.63) is 53.3 Å². The maximum Gasteiger partial charge on any atom is 0.279 e. The van der Waals surface area contributed by atoms with Crippen LogP contribution in [-0.4, -0.2) is 29.9 Å². The molecule has 2 aromatic rings.